The molecule has 2 N–H and O–H groups in total. The summed E-state index contributed by atoms with van der Waals surface area (Å²) in [5.74, 6) is -1.61. The number of hydrogen-bond donors (Lipinski definition) is 2. The summed E-state index contributed by atoms with van der Waals surface area (Å²) in [6.45, 7) is 3.76. The summed E-state index contributed by atoms with van der Waals surface area (Å²) in [6, 6.07) is 10.9. The Hall–Kier alpha value is -3.02. The van der Waals surface area contributed by atoms with Gasteiger partial charge in [-0.3, -0.25) is 14.6 Å². The van der Waals surface area contributed by atoms with E-state index in [9.17, 15) is 9.59 Å². The minimum Gasteiger partial charge on any atom is -0.317 e. The summed E-state index contributed by atoms with van der Waals surface area (Å²) >= 11 is 0. The third-order valence-electron chi connectivity index (χ3n) is 2.90. The second kappa shape index (κ2) is 7.12. The van der Waals surface area contributed by atoms with Gasteiger partial charge in [0, 0.05) is 11.9 Å². The number of hydrazone groups is 1. The van der Waals surface area contributed by atoms with Crippen molar-refractivity contribution in [3.05, 3.63) is 59.4 Å². The molecule has 0 spiro atoms. The number of amides is 2. The van der Waals surface area contributed by atoms with Crippen molar-refractivity contribution in [1.82, 2.24) is 10.4 Å². The highest BCUT2D eigenvalue weighted by Crippen LogP contribution is 2.15. The van der Waals surface area contributed by atoms with Crippen LogP contribution in [0.5, 0.6) is 0 Å². The maximum absolute atomic E-state index is 11.8. The van der Waals surface area contributed by atoms with Crippen LogP contribution in [0.3, 0.4) is 0 Å². The van der Waals surface area contributed by atoms with Crippen molar-refractivity contribution in [3.63, 3.8) is 0 Å². The van der Waals surface area contributed by atoms with E-state index < -0.39 is 11.8 Å². The molecular formula is C16H16N4O2. The summed E-state index contributed by atoms with van der Waals surface area (Å²) in [5, 5.41) is 6.26. The number of anilines is 1. The van der Waals surface area contributed by atoms with Crippen LogP contribution in [0.25, 0.3) is 0 Å². The van der Waals surface area contributed by atoms with Gasteiger partial charge in [-0.1, -0.05) is 18.2 Å². The number of benzene rings is 1. The standard InChI is InChI=1S/C16H16N4O2/c1-11-6-7-12(2)14(9-11)19-15(21)16(22)20-18-10-13-5-3-4-8-17-13/h3-10H,1-2H3,(H,19,21)(H,20,22)/b18-10-. The third kappa shape index (κ3) is 4.24. The molecule has 2 rings (SSSR count). The molecule has 0 unspecified atom stereocenters. The van der Waals surface area contributed by atoms with E-state index in [4.69, 9.17) is 0 Å². The maximum atomic E-state index is 11.8. The first-order chi connectivity index (χ1) is 10.6. The fourth-order valence-electron chi connectivity index (χ4n) is 1.71. The second-order valence-corrected chi connectivity index (χ2v) is 4.73. The first-order valence-electron chi connectivity index (χ1n) is 6.69. The van der Waals surface area contributed by atoms with Crippen LogP contribution in [-0.2, 0) is 9.59 Å². The van der Waals surface area contributed by atoms with Gasteiger partial charge in [0.1, 0.15) is 0 Å². The zero-order chi connectivity index (χ0) is 15.9. The largest absolute Gasteiger partial charge is 0.329 e. The number of aryl methyl sites for hydroxylation is 2. The lowest BCUT2D eigenvalue weighted by Crippen LogP contribution is -2.32. The topological polar surface area (TPSA) is 83.5 Å². The Balaban J connectivity index is 1.94. The maximum Gasteiger partial charge on any atom is 0.329 e. The van der Waals surface area contributed by atoms with Crippen LogP contribution >= 0.6 is 0 Å². The first-order valence-corrected chi connectivity index (χ1v) is 6.69. The average molecular weight is 296 g/mol. The molecule has 1 heterocycles. The molecule has 6 heteroatoms. The lowest BCUT2D eigenvalue weighted by molar-refractivity contribution is -0.136. The van der Waals surface area contributed by atoms with E-state index in [0.29, 0.717) is 11.4 Å². The number of carbonyl (C=O) groups excluding carboxylic acids is 2. The van der Waals surface area contributed by atoms with Gasteiger partial charge in [-0.15, -0.1) is 0 Å². The van der Waals surface area contributed by atoms with Crippen LogP contribution in [-0.4, -0.2) is 23.0 Å². The SMILES string of the molecule is Cc1ccc(C)c(NC(=O)C(=O)N/N=C\c2ccccn2)c1. The molecule has 2 aromatic rings. The molecule has 6 nitrogen and oxygen atoms in total. The van der Waals surface area contributed by atoms with Crippen molar-refractivity contribution in [1.29, 1.82) is 0 Å². The fourth-order valence-corrected chi connectivity index (χ4v) is 1.71. The van der Waals surface area contributed by atoms with E-state index in [1.165, 1.54) is 6.21 Å². The van der Waals surface area contributed by atoms with Gasteiger partial charge in [0.15, 0.2) is 0 Å². The van der Waals surface area contributed by atoms with Gasteiger partial charge in [0.25, 0.3) is 0 Å². The average Bonchev–Trinajstić information content (AvgIpc) is 2.52. The van der Waals surface area contributed by atoms with Crippen molar-refractivity contribution in [2.75, 3.05) is 5.32 Å². The predicted octanol–water partition coefficient (Wildman–Crippen LogP) is 1.79. The van der Waals surface area contributed by atoms with Gasteiger partial charge in [-0.2, -0.15) is 5.10 Å². The summed E-state index contributed by atoms with van der Waals surface area (Å²) < 4.78 is 0. The van der Waals surface area contributed by atoms with Crippen molar-refractivity contribution in [2.24, 2.45) is 5.10 Å². The molecule has 2 amide bonds. The normalized spacial score (nSPS) is 10.5. The zero-order valence-electron chi connectivity index (χ0n) is 12.3. The van der Waals surface area contributed by atoms with Crippen molar-refractivity contribution in [2.45, 2.75) is 13.8 Å². The molecule has 0 aliphatic carbocycles. The molecule has 0 aliphatic heterocycles. The Bertz CT molecular complexity index is 711. The van der Waals surface area contributed by atoms with Crippen LogP contribution < -0.4 is 10.7 Å². The third-order valence-corrected chi connectivity index (χ3v) is 2.90. The van der Waals surface area contributed by atoms with E-state index in [2.05, 4.69) is 20.8 Å². The number of nitrogens with zero attached hydrogens (tertiary/aromatic N) is 2. The molecule has 22 heavy (non-hydrogen) atoms. The van der Waals surface area contributed by atoms with E-state index >= 15 is 0 Å². The Kier molecular flexibility index (Phi) is 4.98. The van der Waals surface area contributed by atoms with Crippen LogP contribution in [0.15, 0.2) is 47.7 Å². The zero-order valence-corrected chi connectivity index (χ0v) is 12.3. The minimum atomic E-state index is -0.840. The number of rotatable bonds is 3. The van der Waals surface area contributed by atoms with Gasteiger partial charge >= 0.3 is 11.8 Å². The Morgan fingerprint density at radius 1 is 1.14 bits per heavy atom. The quantitative estimate of drug-likeness (QED) is 0.514. The molecular weight excluding hydrogens is 280 g/mol. The summed E-state index contributed by atoms with van der Waals surface area (Å²) in [7, 11) is 0. The van der Waals surface area contributed by atoms with Gasteiger partial charge in [-0.25, -0.2) is 5.43 Å². The molecule has 1 aromatic carbocycles. The van der Waals surface area contributed by atoms with E-state index in [1.807, 2.05) is 26.0 Å². The number of hydrogen-bond acceptors (Lipinski definition) is 4. The van der Waals surface area contributed by atoms with E-state index in [1.54, 1.807) is 30.5 Å². The predicted molar refractivity (Wildman–Crippen MR) is 84.5 cm³/mol. The molecule has 0 saturated carbocycles. The highest BCUT2D eigenvalue weighted by Gasteiger charge is 2.13. The summed E-state index contributed by atoms with van der Waals surface area (Å²) in [5.41, 5.74) is 5.22. The summed E-state index contributed by atoms with van der Waals surface area (Å²) in [6.07, 6.45) is 2.97. The lowest BCUT2D eigenvalue weighted by atomic mass is 10.1. The van der Waals surface area contributed by atoms with Crippen LogP contribution in [0.1, 0.15) is 16.8 Å². The molecule has 1 aromatic heterocycles. The van der Waals surface area contributed by atoms with Crippen LogP contribution in [0, 0.1) is 13.8 Å². The lowest BCUT2D eigenvalue weighted by Gasteiger charge is -2.08. The Morgan fingerprint density at radius 3 is 2.68 bits per heavy atom. The molecule has 112 valence electrons. The number of pyridine rings is 1. The van der Waals surface area contributed by atoms with Gasteiger partial charge in [-0.05, 0) is 43.2 Å². The van der Waals surface area contributed by atoms with Crippen molar-refractivity contribution >= 4 is 23.7 Å². The van der Waals surface area contributed by atoms with Gasteiger partial charge in [0.2, 0.25) is 0 Å². The first kappa shape index (κ1) is 15.4. The van der Waals surface area contributed by atoms with Crippen LogP contribution in [0.2, 0.25) is 0 Å². The van der Waals surface area contributed by atoms with Crippen molar-refractivity contribution < 1.29 is 9.59 Å². The fraction of sp³-hybridized carbons (Fsp3) is 0.125. The molecule has 0 radical (unpaired) electrons. The molecule has 0 fully saturated rings. The number of carbonyl (C=O) groups is 2. The molecule has 0 atom stereocenters. The molecule has 0 bridgehead atoms. The highest BCUT2D eigenvalue weighted by molar-refractivity contribution is 6.39. The Morgan fingerprint density at radius 2 is 1.95 bits per heavy atom. The highest BCUT2D eigenvalue weighted by atomic mass is 16.2. The number of nitrogens with one attached hydrogen (secondary N) is 2. The molecule has 0 saturated heterocycles. The second-order valence-electron chi connectivity index (χ2n) is 4.73. The number of aromatic nitrogens is 1. The summed E-state index contributed by atoms with van der Waals surface area (Å²) in [4.78, 5) is 27.5. The monoisotopic (exact) mass is 296 g/mol. The van der Waals surface area contributed by atoms with Crippen LogP contribution in [0.4, 0.5) is 5.69 Å². The van der Waals surface area contributed by atoms with Crippen molar-refractivity contribution in [3.8, 4) is 0 Å². The van der Waals surface area contributed by atoms with E-state index in [-0.39, 0.29) is 0 Å². The minimum absolute atomic E-state index is 0.581. The Labute approximate surface area is 128 Å². The van der Waals surface area contributed by atoms with E-state index in [0.717, 1.165) is 11.1 Å². The van der Waals surface area contributed by atoms with Gasteiger partial charge < -0.3 is 5.32 Å². The molecule has 0 aliphatic rings. The van der Waals surface area contributed by atoms with Gasteiger partial charge in [0.05, 0.1) is 11.9 Å². The smallest absolute Gasteiger partial charge is 0.317 e.